The van der Waals surface area contributed by atoms with Crippen molar-refractivity contribution in [3.63, 3.8) is 0 Å². The van der Waals surface area contributed by atoms with Crippen molar-refractivity contribution < 1.29 is 19.5 Å². The molecule has 0 aliphatic rings. The van der Waals surface area contributed by atoms with Gasteiger partial charge in [0, 0.05) is 47.6 Å². The molecule has 2 amide bonds. The lowest BCUT2D eigenvalue weighted by Gasteiger charge is -2.22. The number of nitrogens with two attached hydrogens (primary N) is 1. The number of imidazole rings is 1. The molecular formula is C20H24N6O4S. The van der Waals surface area contributed by atoms with Gasteiger partial charge in [-0.1, -0.05) is 18.2 Å². The molecule has 3 unspecified atom stereocenters. The summed E-state index contributed by atoms with van der Waals surface area (Å²) in [5.41, 5.74) is 7.93. The van der Waals surface area contributed by atoms with Gasteiger partial charge < -0.3 is 31.4 Å². The number of hydrogen-bond donors (Lipinski definition) is 7. The third-order valence-corrected chi connectivity index (χ3v) is 5.25. The van der Waals surface area contributed by atoms with Crippen molar-refractivity contribution in [2.24, 2.45) is 5.73 Å². The Morgan fingerprint density at radius 1 is 1.10 bits per heavy atom. The van der Waals surface area contributed by atoms with Gasteiger partial charge in [0.25, 0.3) is 0 Å². The van der Waals surface area contributed by atoms with Gasteiger partial charge in [-0.3, -0.25) is 9.59 Å². The van der Waals surface area contributed by atoms with Gasteiger partial charge in [-0.15, -0.1) is 0 Å². The maximum Gasteiger partial charge on any atom is 0.326 e. The van der Waals surface area contributed by atoms with Crippen LogP contribution < -0.4 is 16.4 Å². The van der Waals surface area contributed by atoms with Gasteiger partial charge in [0.1, 0.15) is 12.1 Å². The second kappa shape index (κ2) is 10.1. The summed E-state index contributed by atoms with van der Waals surface area (Å²) in [4.78, 5) is 46.9. The number of nitrogens with one attached hydrogen (secondary N) is 4. The van der Waals surface area contributed by atoms with E-state index in [0.29, 0.717) is 5.69 Å². The Labute approximate surface area is 183 Å². The maximum absolute atomic E-state index is 12.9. The van der Waals surface area contributed by atoms with Crippen molar-refractivity contribution in [2.75, 3.05) is 5.75 Å². The third kappa shape index (κ3) is 5.64. The molecule has 31 heavy (non-hydrogen) atoms. The molecule has 0 bridgehead atoms. The number of amides is 2. The molecule has 3 rings (SSSR count). The smallest absolute Gasteiger partial charge is 0.326 e. The first kappa shape index (κ1) is 22.4. The van der Waals surface area contributed by atoms with E-state index >= 15 is 0 Å². The Kier molecular flexibility index (Phi) is 7.32. The summed E-state index contributed by atoms with van der Waals surface area (Å²) in [5, 5.41) is 15.7. The summed E-state index contributed by atoms with van der Waals surface area (Å²) < 4.78 is 0. The minimum Gasteiger partial charge on any atom is -0.480 e. The van der Waals surface area contributed by atoms with E-state index in [-0.39, 0.29) is 18.6 Å². The summed E-state index contributed by atoms with van der Waals surface area (Å²) in [6.45, 7) is 0. The molecule has 0 radical (unpaired) electrons. The predicted molar refractivity (Wildman–Crippen MR) is 118 cm³/mol. The van der Waals surface area contributed by atoms with Crippen molar-refractivity contribution in [3.05, 3.63) is 54.2 Å². The molecule has 3 aromatic rings. The highest BCUT2D eigenvalue weighted by atomic mass is 32.1. The van der Waals surface area contributed by atoms with E-state index in [1.807, 2.05) is 24.3 Å². The number of rotatable bonds is 10. The minimum atomic E-state index is -1.19. The van der Waals surface area contributed by atoms with Crippen molar-refractivity contribution in [1.82, 2.24) is 25.6 Å². The van der Waals surface area contributed by atoms with Gasteiger partial charge in [-0.2, -0.15) is 12.6 Å². The number of fused-ring (bicyclic) bond motifs is 1. The SMILES string of the molecule is NC(CS)C(=O)NC(Cc1cnc[nH]1)C(=O)NC(Cc1c[nH]c2ccccc12)C(=O)O. The molecule has 0 spiro atoms. The maximum atomic E-state index is 12.9. The number of aromatic amines is 2. The zero-order valence-electron chi connectivity index (χ0n) is 16.5. The lowest BCUT2D eigenvalue weighted by atomic mass is 10.0. The van der Waals surface area contributed by atoms with Crippen molar-refractivity contribution >= 4 is 41.3 Å². The topological polar surface area (TPSA) is 166 Å². The van der Waals surface area contributed by atoms with Gasteiger partial charge in [0.05, 0.1) is 12.4 Å². The lowest BCUT2D eigenvalue weighted by molar-refractivity contribution is -0.142. The monoisotopic (exact) mass is 444 g/mol. The van der Waals surface area contributed by atoms with Crippen LogP contribution in [0.1, 0.15) is 11.3 Å². The molecule has 1 aromatic carbocycles. The van der Waals surface area contributed by atoms with E-state index in [1.54, 1.807) is 6.20 Å². The van der Waals surface area contributed by atoms with Crippen LogP contribution in [0.2, 0.25) is 0 Å². The fraction of sp³-hybridized carbons (Fsp3) is 0.300. The number of carboxylic acids is 1. The highest BCUT2D eigenvalue weighted by Gasteiger charge is 2.29. The second-order valence-electron chi connectivity index (χ2n) is 7.09. The molecule has 0 aliphatic carbocycles. The number of carbonyl (C=O) groups excluding carboxylic acids is 2. The van der Waals surface area contributed by atoms with Crippen LogP contribution in [0.15, 0.2) is 43.0 Å². The second-order valence-corrected chi connectivity index (χ2v) is 7.46. The standard InChI is InChI=1S/C20H24N6O4S/c21-14(9-31)18(27)25-16(6-12-8-22-10-24-12)19(28)26-17(20(29)30)5-11-7-23-15-4-2-1-3-13(11)15/h1-4,7-8,10,14,16-17,23,31H,5-6,9,21H2,(H,22,24)(H,25,27)(H,26,28)(H,29,30). The first-order valence-electron chi connectivity index (χ1n) is 9.61. The molecule has 164 valence electrons. The van der Waals surface area contributed by atoms with Crippen LogP contribution in [0.5, 0.6) is 0 Å². The van der Waals surface area contributed by atoms with E-state index in [2.05, 4.69) is 38.2 Å². The fourth-order valence-corrected chi connectivity index (χ4v) is 3.35. The number of thiol groups is 1. The number of carbonyl (C=O) groups is 3. The molecule has 7 N–H and O–H groups in total. The molecule has 0 aliphatic heterocycles. The number of aromatic nitrogens is 3. The largest absolute Gasteiger partial charge is 0.480 e. The van der Waals surface area contributed by atoms with E-state index < -0.39 is 35.9 Å². The van der Waals surface area contributed by atoms with Gasteiger partial charge >= 0.3 is 5.97 Å². The zero-order chi connectivity index (χ0) is 22.4. The fourth-order valence-electron chi connectivity index (χ4n) is 3.18. The number of benzene rings is 1. The number of nitrogens with zero attached hydrogens (tertiary/aromatic N) is 1. The highest BCUT2D eigenvalue weighted by Crippen LogP contribution is 2.19. The number of hydrogen-bond acceptors (Lipinski definition) is 6. The van der Waals surface area contributed by atoms with Crippen LogP contribution in [0.3, 0.4) is 0 Å². The van der Waals surface area contributed by atoms with E-state index in [0.717, 1.165) is 16.5 Å². The quantitative estimate of drug-likeness (QED) is 0.217. The summed E-state index contributed by atoms with van der Waals surface area (Å²) >= 11 is 4.00. The average molecular weight is 445 g/mol. The molecule has 3 atom stereocenters. The number of aliphatic carboxylic acids is 1. The van der Waals surface area contributed by atoms with Gasteiger partial charge in [-0.05, 0) is 11.6 Å². The highest BCUT2D eigenvalue weighted by molar-refractivity contribution is 7.80. The van der Waals surface area contributed by atoms with Crippen molar-refractivity contribution in [3.8, 4) is 0 Å². The third-order valence-electron chi connectivity index (χ3n) is 4.86. The normalized spacial score (nSPS) is 14.0. The van der Waals surface area contributed by atoms with Gasteiger partial charge in [0.2, 0.25) is 11.8 Å². The van der Waals surface area contributed by atoms with Crippen LogP contribution in [0.4, 0.5) is 0 Å². The van der Waals surface area contributed by atoms with E-state index in [4.69, 9.17) is 5.73 Å². The first-order valence-corrected chi connectivity index (χ1v) is 10.2. The first-order chi connectivity index (χ1) is 14.9. The van der Waals surface area contributed by atoms with Crippen LogP contribution >= 0.6 is 12.6 Å². The molecule has 2 heterocycles. The summed E-state index contributed by atoms with van der Waals surface area (Å²) in [5.74, 6) is -2.28. The molecule has 2 aromatic heterocycles. The number of H-pyrrole nitrogens is 2. The van der Waals surface area contributed by atoms with Crippen LogP contribution in [-0.2, 0) is 27.2 Å². The average Bonchev–Trinajstić information content (AvgIpc) is 3.42. The molecular weight excluding hydrogens is 420 g/mol. The number of para-hydroxylation sites is 1. The Bertz CT molecular complexity index is 1050. The molecule has 11 heteroatoms. The summed E-state index contributed by atoms with van der Waals surface area (Å²) in [6.07, 6.45) is 4.86. The van der Waals surface area contributed by atoms with Gasteiger partial charge in [-0.25, -0.2) is 9.78 Å². The van der Waals surface area contributed by atoms with Crippen LogP contribution in [0, 0.1) is 0 Å². The molecule has 10 nitrogen and oxygen atoms in total. The van der Waals surface area contributed by atoms with Crippen molar-refractivity contribution in [2.45, 2.75) is 31.0 Å². The molecule has 0 saturated heterocycles. The van der Waals surface area contributed by atoms with E-state index in [1.165, 1.54) is 12.5 Å². The minimum absolute atomic E-state index is 0.0754. The zero-order valence-corrected chi connectivity index (χ0v) is 17.4. The Morgan fingerprint density at radius 2 is 1.84 bits per heavy atom. The predicted octanol–water partition coefficient (Wildman–Crippen LogP) is -0.0125. The summed E-state index contributed by atoms with van der Waals surface area (Å²) in [7, 11) is 0. The van der Waals surface area contributed by atoms with Crippen molar-refractivity contribution in [1.29, 1.82) is 0 Å². The Hall–Kier alpha value is -3.31. The molecule has 0 fully saturated rings. The van der Waals surface area contributed by atoms with Crippen LogP contribution in [-0.4, -0.2) is 61.7 Å². The molecule has 0 saturated carbocycles. The van der Waals surface area contributed by atoms with Crippen LogP contribution in [0.25, 0.3) is 10.9 Å². The number of carboxylic acid groups (broad SMARTS) is 1. The summed E-state index contributed by atoms with van der Waals surface area (Å²) in [6, 6.07) is 4.36. The lowest BCUT2D eigenvalue weighted by Crippen LogP contribution is -2.55. The Balaban J connectivity index is 1.76. The van der Waals surface area contributed by atoms with E-state index in [9.17, 15) is 19.5 Å². The van der Waals surface area contributed by atoms with Gasteiger partial charge in [0.15, 0.2) is 0 Å². The Morgan fingerprint density at radius 3 is 2.52 bits per heavy atom.